The third kappa shape index (κ3) is 1.67. The molecule has 1 aromatic carbocycles. The molecule has 118 valence electrons. The number of benzene rings is 1. The van der Waals surface area contributed by atoms with Crippen LogP contribution in [-0.4, -0.2) is 25.3 Å². The van der Waals surface area contributed by atoms with Crippen molar-refractivity contribution < 1.29 is 9.13 Å². The fourth-order valence-electron chi connectivity index (χ4n) is 5.45. The van der Waals surface area contributed by atoms with Gasteiger partial charge in [-0.15, -0.1) is 0 Å². The fourth-order valence-corrected chi connectivity index (χ4v) is 5.45. The van der Waals surface area contributed by atoms with Gasteiger partial charge in [0.1, 0.15) is 5.82 Å². The van der Waals surface area contributed by atoms with E-state index in [0.29, 0.717) is 23.5 Å². The van der Waals surface area contributed by atoms with Crippen LogP contribution in [0.25, 0.3) is 0 Å². The van der Waals surface area contributed by atoms with Crippen LogP contribution in [0.4, 0.5) is 4.39 Å². The lowest BCUT2D eigenvalue weighted by molar-refractivity contribution is -0.176. The summed E-state index contributed by atoms with van der Waals surface area (Å²) in [7, 11) is 0. The van der Waals surface area contributed by atoms with Gasteiger partial charge in [0, 0.05) is 35.9 Å². The van der Waals surface area contributed by atoms with Crippen LogP contribution >= 0.6 is 0 Å². The molecule has 22 heavy (non-hydrogen) atoms. The van der Waals surface area contributed by atoms with Gasteiger partial charge in [-0.05, 0) is 43.7 Å². The van der Waals surface area contributed by atoms with Crippen LogP contribution in [0.2, 0.25) is 0 Å². The summed E-state index contributed by atoms with van der Waals surface area (Å²) in [4.78, 5) is 0. The summed E-state index contributed by atoms with van der Waals surface area (Å²) in [6, 6.07) is 7.95. The Hall–Kier alpha value is -0.930. The average molecular weight is 301 g/mol. The van der Waals surface area contributed by atoms with Crippen molar-refractivity contribution in [3.63, 3.8) is 0 Å². The third-order valence-electron chi connectivity index (χ3n) is 7.00. The van der Waals surface area contributed by atoms with Crippen molar-refractivity contribution in [2.75, 3.05) is 13.2 Å². The predicted molar refractivity (Wildman–Crippen MR) is 83.2 cm³/mol. The van der Waals surface area contributed by atoms with Gasteiger partial charge in [-0.3, -0.25) is 0 Å². The van der Waals surface area contributed by atoms with Crippen LogP contribution in [0.5, 0.6) is 0 Å². The summed E-state index contributed by atoms with van der Waals surface area (Å²) in [5.74, 6) is 0.674. The molecule has 3 unspecified atom stereocenters. The minimum absolute atomic E-state index is 0.0316. The van der Waals surface area contributed by atoms with Gasteiger partial charge in [0.25, 0.3) is 0 Å². The van der Waals surface area contributed by atoms with Crippen LogP contribution in [-0.2, 0) is 10.2 Å². The zero-order valence-electron chi connectivity index (χ0n) is 13.0. The van der Waals surface area contributed by atoms with Crippen LogP contribution in [0, 0.1) is 17.2 Å². The maximum atomic E-state index is 14.1. The minimum Gasteiger partial charge on any atom is -0.377 e. The molecule has 1 aliphatic heterocycles. The van der Waals surface area contributed by atoms with E-state index in [0.717, 1.165) is 31.6 Å². The first-order chi connectivity index (χ1) is 10.8. The molecular formula is C19H24FNO. The van der Waals surface area contributed by atoms with E-state index in [1.807, 2.05) is 12.1 Å². The van der Waals surface area contributed by atoms with Crippen LogP contribution in [0.15, 0.2) is 24.3 Å². The fraction of sp³-hybridized carbons (Fsp3) is 0.684. The maximum absolute atomic E-state index is 14.1. The molecule has 3 aliphatic carbocycles. The van der Waals surface area contributed by atoms with Gasteiger partial charge in [-0.2, -0.15) is 0 Å². The first kappa shape index (κ1) is 13.5. The monoisotopic (exact) mass is 301 g/mol. The van der Waals surface area contributed by atoms with Gasteiger partial charge in [0.15, 0.2) is 0 Å². The first-order valence-electron chi connectivity index (χ1n) is 8.85. The normalized spacial score (nSPS) is 36.5. The number of nitrogens with one attached hydrogen (secondary N) is 1. The Morgan fingerprint density at radius 3 is 2.68 bits per heavy atom. The van der Waals surface area contributed by atoms with Gasteiger partial charge in [0.2, 0.25) is 0 Å². The van der Waals surface area contributed by atoms with E-state index >= 15 is 0 Å². The summed E-state index contributed by atoms with van der Waals surface area (Å²) in [6.07, 6.45) is 7.94. The maximum Gasteiger partial charge on any atom is 0.127 e. The van der Waals surface area contributed by atoms with E-state index in [-0.39, 0.29) is 11.2 Å². The van der Waals surface area contributed by atoms with Crippen LogP contribution in [0.1, 0.15) is 44.1 Å². The molecule has 5 rings (SSSR count). The quantitative estimate of drug-likeness (QED) is 0.920. The van der Waals surface area contributed by atoms with Crippen molar-refractivity contribution in [1.82, 2.24) is 5.32 Å². The molecule has 3 atom stereocenters. The second-order valence-electron chi connectivity index (χ2n) is 7.95. The molecule has 0 amide bonds. The number of hydrogen-bond donors (Lipinski definition) is 1. The zero-order valence-corrected chi connectivity index (χ0v) is 13.0. The first-order valence-corrected chi connectivity index (χ1v) is 8.85. The summed E-state index contributed by atoms with van der Waals surface area (Å²) >= 11 is 0. The molecule has 4 fully saturated rings. The van der Waals surface area contributed by atoms with E-state index in [4.69, 9.17) is 4.74 Å². The smallest absolute Gasteiger partial charge is 0.127 e. The predicted octanol–water partition coefficient (Wildman–Crippen LogP) is 3.40. The molecule has 1 saturated heterocycles. The minimum atomic E-state index is -0.0316. The summed E-state index contributed by atoms with van der Waals surface area (Å²) in [5, 5.41) is 3.87. The van der Waals surface area contributed by atoms with Crippen LogP contribution < -0.4 is 5.32 Å². The second kappa shape index (κ2) is 4.55. The van der Waals surface area contributed by atoms with E-state index in [9.17, 15) is 4.39 Å². The topological polar surface area (TPSA) is 21.3 Å². The molecule has 0 radical (unpaired) electrons. The van der Waals surface area contributed by atoms with Crippen molar-refractivity contribution in [1.29, 1.82) is 0 Å². The van der Waals surface area contributed by atoms with Gasteiger partial charge in [0.05, 0.1) is 6.10 Å². The Morgan fingerprint density at radius 2 is 2.00 bits per heavy atom. The number of ether oxygens (including phenoxy) is 1. The van der Waals surface area contributed by atoms with Crippen molar-refractivity contribution in [3.8, 4) is 0 Å². The average Bonchev–Trinajstić information content (AvgIpc) is 3.13. The molecular weight excluding hydrogens is 277 g/mol. The van der Waals surface area contributed by atoms with E-state index in [1.165, 1.54) is 25.7 Å². The zero-order chi connectivity index (χ0) is 14.8. The molecule has 1 spiro atoms. The second-order valence-corrected chi connectivity index (χ2v) is 7.95. The lowest BCUT2D eigenvalue weighted by Gasteiger charge is -2.63. The highest BCUT2D eigenvalue weighted by atomic mass is 19.1. The highest BCUT2D eigenvalue weighted by Gasteiger charge is 2.66. The van der Waals surface area contributed by atoms with Gasteiger partial charge in [-0.25, -0.2) is 4.39 Å². The van der Waals surface area contributed by atoms with Crippen molar-refractivity contribution >= 4 is 0 Å². The molecule has 0 bridgehead atoms. The lowest BCUT2D eigenvalue weighted by atomic mass is 9.46. The summed E-state index contributed by atoms with van der Waals surface area (Å²) in [5.41, 5.74) is 1.40. The number of hydrogen-bond acceptors (Lipinski definition) is 2. The number of rotatable bonds is 4. The highest BCUT2D eigenvalue weighted by Crippen LogP contribution is 2.63. The van der Waals surface area contributed by atoms with Crippen LogP contribution in [0.3, 0.4) is 0 Å². The molecule has 2 nitrogen and oxygen atoms in total. The lowest BCUT2D eigenvalue weighted by Crippen LogP contribution is -2.71. The van der Waals surface area contributed by atoms with E-state index in [1.54, 1.807) is 12.1 Å². The Bertz CT molecular complexity index is 593. The Labute approximate surface area is 131 Å². The number of halogens is 1. The van der Waals surface area contributed by atoms with E-state index in [2.05, 4.69) is 5.32 Å². The van der Waals surface area contributed by atoms with Crippen molar-refractivity contribution in [3.05, 3.63) is 35.6 Å². The van der Waals surface area contributed by atoms with Gasteiger partial charge in [-0.1, -0.05) is 24.6 Å². The Kier molecular flexibility index (Phi) is 2.79. The summed E-state index contributed by atoms with van der Waals surface area (Å²) in [6.45, 7) is 1.87. The number of fused-ring (bicyclic) bond motifs is 2. The molecule has 1 heterocycles. The SMILES string of the molecule is Fc1ccccc1C1(CNC2C3CCOC3C23CCC3)CC1. The standard InChI is InChI=1S/C19H24FNO/c20-15-5-2-1-4-14(15)18(9-10-18)12-21-16-13-6-11-22-17(13)19(16)7-3-8-19/h1-2,4-5,13,16-17,21H,3,6-12H2. The molecule has 3 heteroatoms. The molecule has 1 aromatic rings. The molecule has 3 saturated carbocycles. The van der Waals surface area contributed by atoms with Crippen molar-refractivity contribution in [2.45, 2.75) is 56.1 Å². The van der Waals surface area contributed by atoms with Crippen molar-refractivity contribution in [2.24, 2.45) is 11.3 Å². The highest BCUT2D eigenvalue weighted by molar-refractivity contribution is 5.33. The summed E-state index contributed by atoms with van der Waals surface area (Å²) < 4.78 is 20.1. The van der Waals surface area contributed by atoms with Gasteiger partial charge >= 0.3 is 0 Å². The molecule has 0 aromatic heterocycles. The van der Waals surface area contributed by atoms with E-state index < -0.39 is 0 Å². The Balaban J connectivity index is 1.32. The Morgan fingerprint density at radius 1 is 1.18 bits per heavy atom. The largest absolute Gasteiger partial charge is 0.377 e. The third-order valence-corrected chi connectivity index (χ3v) is 7.00. The molecule has 1 N–H and O–H groups in total. The molecule has 4 aliphatic rings. The van der Waals surface area contributed by atoms with Gasteiger partial charge < -0.3 is 10.1 Å².